The lowest BCUT2D eigenvalue weighted by molar-refractivity contribution is 0.0758. The van der Waals surface area contributed by atoms with Crippen molar-refractivity contribution in [3.8, 4) is 0 Å². The summed E-state index contributed by atoms with van der Waals surface area (Å²) in [6.45, 7) is 0.475. The van der Waals surface area contributed by atoms with E-state index in [2.05, 4.69) is 0 Å². The maximum Gasteiger partial charge on any atom is 0.281 e. The van der Waals surface area contributed by atoms with Crippen LogP contribution in [0, 0.1) is 17.5 Å². The average molecular weight is 365 g/mol. The van der Waals surface area contributed by atoms with Crippen molar-refractivity contribution in [1.82, 2.24) is 13.5 Å². The van der Waals surface area contributed by atoms with Gasteiger partial charge in [0, 0.05) is 40.3 Å². The first-order valence-electron chi connectivity index (χ1n) is 7.26. The number of hydrogen-bond acceptors (Lipinski definition) is 3. The van der Waals surface area contributed by atoms with Gasteiger partial charge in [0.05, 0.1) is 5.56 Å². The van der Waals surface area contributed by atoms with Gasteiger partial charge < -0.3 is 4.90 Å². The molecule has 0 N–H and O–H groups in total. The zero-order valence-corrected chi connectivity index (χ0v) is 14.1. The minimum absolute atomic E-state index is 0.0321. The van der Waals surface area contributed by atoms with E-state index in [1.807, 2.05) is 0 Å². The summed E-state index contributed by atoms with van der Waals surface area (Å²) in [4.78, 5) is 13.6. The van der Waals surface area contributed by atoms with E-state index < -0.39 is 39.1 Å². The monoisotopic (exact) mass is 365 g/mol. The molecule has 1 fully saturated rings. The SMILES string of the molecule is CN(C)S(=O)(=O)N1CCCN(C(=O)c2ccc(F)c(F)c2F)CC1. The fourth-order valence-electron chi connectivity index (χ4n) is 2.42. The Hall–Kier alpha value is -1.65. The first kappa shape index (κ1) is 18.7. The van der Waals surface area contributed by atoms with Gasteiger partial charge in [0.1, 0.15) is 0 Å². The number of nitrogens with zero attached hydrogens (tertiary/aromatic N) is 3. The zero-order valence-electron chi connectivity index (χ0n) is 13.3. The number of amides is 1. The van der Waals surface area contributed by atoms with Gasteiger partial charge in [0.25, 0.3) is 16.1 Å². The highest BCUT2D eigenvalue weighted by atomic mass is 32.2. The first-order chi connectivity index (χ1) is 11.2. The average Bonchev–Trinajstić information content (AvgIpc) is 2.78. The summed E-state index contributed by atoms with van der Waals surface area (Å²) in [5.74, 6) is -5.41. The molecule has 0 radical (unpaired) electrons. The van der Waals surface area contributed by atoms with Crippen LogP contribution >= 0.6 is 0 Å². The number of hydrogen-bond donors (Lipinski definition) is 0. The van der Waals surface area contributed by atoms with Gasteiger partial charge in [-0.15, -0.1) is 0 Å². The molecule has 134 valence electrons. The Kier molecular flexibility index (Phi) is 5.51. The van der Waals surface area contributed by atoms with Crippen LogP contribution in [0.3, 0.4) is 0 Å². The molecule has 0 spiro atoms. The molecule has 1 saturated heterocycles. The molecule has 1 aliphatic heterocycles. The van der Waals surface area contributed by atoms with Crippen molar-refractivity contribution in [3.63, 3.8) is 0 Å². The molecule has 0 aromatic heterocycles. The number of carbonyl (C=O) groups excluding carboxylic acids is 1. The van der Waals surface area contributed by atoms with E-state index in [4.69, 9.17) is 0 Å². The largest absolute Gasteiger partial charge is 0.337 e. The van der Waals surface area contributed by atoms with Crippen molar-refractivity contribution in [2.45, 2.75) is 6.42 Å². The molecule has 1 aromatic carbocycles. The summed E-state index contributed by atoms with van der Waals surface area (Å²) < 4.78 is 66.6. The predicted octanol–water partition coefficient (Wildman–Crippen LogP) is 1.06. The van der Waals surface area contributed by atoms with Crippen LogP contribution in [-0.2, 0) is 10.2 Å². The van der Waals surface area contributed by atoms with Crippen LogP contribution in [0.1, 0.15) is 16.8 Å². The Balaban J connectivity index is 2.17. The Labute approximate surface area is 138 Å². The zero-order chi connectivity index (χ0) is 18.1. The van der Waals surface area contributed by atoms with Crippen molar-refractivity contribution in [2.24, 2.45) is 0 Å². The van der Waals surface area contributed by atoms with Gasteiger partial charge >= 0.3 is 0 Å². The lowest BCUT2D eigenvalue weighted by Crippen LogP contribution is -2.42. The molecule has 1 aromatic rings. The molecular weight excluding hydrogens is 347 g/mol. The maximum atomic E-state index is 13.8. The number of halogens is 3. The number of carbonyl (C=O) groups is 1. The van der Waals surface area contributed by atoms with Gasteiger partial charge in [-0.1, -0.05) is 0 Å². The highest BCUT2D eigenvalue weighted by Gasteiger charge is 2.30. The van der Waals surface area contributed by atoms with Gasteiger partial charge in [0.2, 0.25) is 0 Å². The van der Waals surface area contributed by atoms with E-state index in [1.165, 1.54) is 23.3 Å². The van der Waals surface area contributed by atoms with Gasteiger partial charge in [-0.25, -0.2) is 13.2 Å². The summed E-state index contributed by atoms with van der Waals surface area (Å²) in [6, 6.07) is 1.57. The van der Waals surface area contributed by atoms with E-state index >= 15 is 0 Å². The maximum absolute atomic E-state index is 13.8. The van der Waals surface area contributed by atoms with Gasteiger partial charge in [-0.05, 0) is 18.6 Å². The quantitative estimate of drug-likeness (QED) is 0.753. The van der Waals surface area contributed by atoms with E-state index in [0.717, 1.165) is 10.4 Å². The molecule has 1 amide bonds. The Bertz CT molecular complexity index is 740. The van der Waals surface area contributed by atoms with Crippen LogP contribution in [0.4, 0.5) is 13.2 Å². The molecule has 2 rings (SSSR count). The second-order valence-electron chi connectivity index (χ2n) is 5.56. The number of rotatable bonds is 3. The third-order valence-corrected chi connectivity index (χ3v) is 5.74. The molecule has 1 aliphatic rings. The molecular formula is C14H18F3N3O3S. The Morgan fingerprint density at radius 1 is 1.04 bits per heavy atom. The third-order valence-electron chi connectivity index (χ3n) is 3.80. The first-order valence-corrected chi connectivity index (χ1v) is 8.66. The molecule has 10 heteroatoms. The van der Waals surface area contributed by atoms with Crippen molar-refractivity contribution in [1.29, 1.82) is 0 Å². The second kappa shape index (κ2) is 7.08. The van der Waals surface area contributed by atoms with Crippen LogP contribution in [0.15, 0.2) is 12.1 Å². The van der Waals surface area contributed by atoms with Crippen molar-refractivity contribution < 1.29 is 26.4 Å². The summed E-state index contributed by atoms with van der Waals surface area (Å²) in [6.07, 6.45) is 0.351. The summed E-state index contributed by atoms with van der Waals surface area (Å²) >= 11 is 0. The molecule has 0 aliphatic carbocycles. The van der Waals surface area contributed by atoms with Crippen LogP contribution in [0.2, 0.25) is 0 Å². The fraction of sp³-hybridized carbons (Fsp3) is 0.500. The van der Waals surface area contributed by atoms with Crippen molar-refractivity contribution >= 4 is 16.1 Å². The van der Waals surface area contributed by atoms with Crippen LogP contribution < -0.4 is 0 Å². The smallest absolute Gasteiger partial charge is 0.281 e. The molecule has 0 bridgehead atoms. The molecule has 1 heterocycles. The fourth-order valence-corrected chi connectivity index (χ4v) is 3.55. The standard InChI is InChI=1S/C14H18F3N3O3S/c1-18(2)24(22,23)20-7-3-6-19(8-9-20)14(21)10-4-5-11(15)13(17)12(10)16/h4-5H,3,6-9H2,1-2H3. The molecule has 24 heavy (non-hydrogen) atoms. The van der Waals surface area contributed by atoms with Crippen molar-refractivity contribution in [2.75, 3.05) is 40.3 Å². The van der Waals surface area contributed by atoms with Gasteiger partial charge in [0.15, 0.2) is 17.5 Å². The van der Waals surface area contributed by atoms with Gasteiger partial charge in [-0.2, -0.15) is 17.0 Å². The highest BCUT2D eigenvalue weighted by Crippen LogP contribution is 2.18. The lowest BCUT2D eigenvalue weighted by Gasteiger charge is -2.24. The molecule has 0 unspecified atom stereocenters. The van der Waals surface area contributed by atoms with E-state index in [1.54, 1.807) is 0 Å². The van der Waals surface area contributed by atoms with Crippen LogP contribution in [0.5, 0.6) is 0 Å². The summed E-state index contributed by atoms with van der Waals surface area (Å²) in [7, 11) is -0.807. The predicted molar refractivity (Wildman–Crippen MR) is 81.0 cm³/mol. The summed E-state index contributed by atoms with van der Waals surface area (Å²) in [5, 5.41) is 0. The highest BCUT2D eigenvalue weighted by molar-refractivity contribution is 7.86. The molecule has 0 saturated carbocycles. The topological polar surface area (TPSA) is 60.9 Å². The molecule has 6 nitrogen and oxygen atoms in total. The van der Waals surface area contributed by atoms with E-state index in [-0.39, 0.29) is 26.2 Å². The lowest BCUT2D eigenvalue weighted by atomic mass is 10.1. The normalized spacial score (nSPS) is 17.2. The number of benzene rings is 1. The third kappa shape index (κ3) is 3.55. The van der Waals surface area contributed by atoms with Gasteiger partial charge in [-0.3, -0.25) is 4.79 Å². The Morgan fingerprint density at radius 2 is 1.71 bits per heavy atom. The van der Waals surface area contributed by atoms with E-state index in [0.29, 0.717) is 12.5 Å². The minimum atomic E-state index is -3.61. The van der Waals surface area contributed by atoms with E-state index in [9.17, 15) is 26.4 Å². The minimum Gasteiger partial charge on any atom is -0.337 e. The molecule has 0 atom stereocenters. The van der Waals surface area contributed by atoms with Crippen molar-refractivity contribution in [3.05, 3.63) is 35.1 Å². The Morgan fingerprint density at radius 3 is 2.33 bits per heavy atom. The van der Waals surface area contributed by atoms with Crippen LogP contribution in [-0.4, -0.2) is 68.1 Å². The van der Waals surface area contributed by atoms with Crippen LogP contribution in [0.25, 0.3) is 0 Å². The summed E-state index contributed by atoms with van der Waals surface area (Å²) in [5.41, 5.74) is -0.571. The second-order valence-corrected chi connectivity index (χ2v) is 7.70.